The van der Waals surface area contributed by atoms with Crippen LogP contribution >= 0.6 is 11.6 Å². The molecule has 5 heteroatoms. The lowest BCUT2D eigenvalue weighted by Gasteiger charge is -2.30. The van der Waals surface area contributed by atoms with E-state index in [1.807, 2.05) is 24.3 Å². The van der Waals surface area contributed by atoms with Gasteiger partial charge in [-0.25, -0.2) is 4.79 Å². The Balaban J connectivity index is 2.06. The second-order valence-corrected chi connectivity index (χ2v) is 5.43. The molecular weight excluding hydrogens is 264 g/mol. The van der Waals surface area contributed by atoms with E-state index in [0.29, 0.717) is 17.4 Å². The molecule has 4 nitrogen and oxygen atoms in total. The van der Waals surface area contributed by atoms with Crippen LogP contribution < -0.4 is 10.6 Å². The molecule has 0 bridgehead atoms. The minimum absolute atomic E-state index is 0.0660. The molecule has 1 heterocycles. The Bertz CT molecular complexity index is 433. The van der Waals surface area contributed by atoms with Crippen LogP contribution in [0.1, 0.15) is 18.4 Å². The first-order valence-corrected chi connectivity index (χ1v) is 6.97. The number of rotatable bonds is 4. The van der Waals surface area contributed by atoms with Crippen molar-refractivity contribution in [3.05, 3.63) is 34.9 Å². The van der Waals surface area contributed by atoms with Crippen LogP contribution in [0.3, 0.4) is 0 Å². The number of carbonyl (C=O) groups is 1. The lowest BCUT2D eigenvalue weighted by Crippen LogP contribution is -2.47. The zero-order valence-electron chi connectivity index (χ0n) is 10.7. The third-order valence-corrected chi connectivity index (χ3v) is 3.79. The molecule has 0 aromatic heterocycles. The van der Waals surface area contributed by atoms with E-state index >= 15 is 0 Å². The highest BCUT2D eigenvalue weighted by Gasteiger charge is 2.25. The van der Waals surface area contributed by atoms with Crippen LogP contribution in [0.25, 0.3) is 0 Å². The number of benzene rings is 1. The highest BCUT2D eigenvalue weighted by atomic mass is 35.5. The highest BCUT2D eigenvalue weighted by molar-refractivity contribution is 6.30. The maximum Gasteiger partial charge on any atom is 0.404 e. The summed E-state index contributed by atoms with van der Waals surface area (Å²) in [6.45, 7) is 1.89. The normalized spacial score (nSPS) is 20.8. The van der Waals surface area contributed by atoms with Crippen molar-refractivity contribution >= 4 is 17.7 Å². The molecule has 1 amide bonds. The van der Waals surface area contributed by atoms with E-state index < -0.39 is 6.09 Å². The number of nitrogens with one attached hydrogen (secondary N) is 2. The van der Waals surface area contributed by atoms with E-state index in [1.165, 1.54) is 0 Å². The first kappa shape index (κ1) is 14.2. The number of carboxylic acid groups (broad SMARTS) is 1. The van der Waals surface area contributed by atoms with Gasteiger partial charge in [-0.2, -0.15) is 0 Å². The van der Waals surface area contributed by atoms with Crippen molar-refractivity contribution in [3.63, 3.8) is 0 Å². The summed E-state index contributed by atoms with van der Waals surface area (Å²) in [7, 11) is 0. The van der Waals surface area contributed by atoms with E-state index in [4.69, 9.17) is 16.7 Å². The smallest absolute Gasteiger partial charge is 0.404 e. The summed E-state index contributed by atoms with van der Waals surface area (Å²) in [6.07, 6.45) is 1.87. The van der Waals surface area contributed by atoms with Gasteiger partial charge in [0.05, 0.1) is 0 Å². The van der Waals surface area contributed by atoms with Gasteiger partial charge in [-0.15, -0.1) is 0 Å². The van der Waals surface area contributed by atoms with Crippen LogP contribution in [0.5, 0.6) is 0 Å². The van der Waals surface area contributed by atoms with Crippen molar-refractivity contribution in [1.82, 2.24) is 10.6 Å². The third-order valence-electron chi connectivity index (χ3n) is 3.56. The fourth-order valence-corrected chi connectivity index (χ4v) is 2.85. The van der Waals surface area contributed by atoms with Gasteiger partial charge in [-0.3, -0.25) is 0 Å². The molecule has 2 atom stereocenters. The number of hydrogen-bond donors (Lipinski definition) is 3. The van der Waals surface area contributed by atoms with Crippen LogP contribution in [0.15, 0.2) is 24.3 Å². The second-order valence-electron chi connectivity index (χ2n) is 5.00. The Labute approximate surface area is 118 Å². The monoisotopic (exact) mass is 282 g/mol. The van der Waals surface area contributed by atoms with Gasteiger partial charge in [-0.05, 0) is 56.0 Å². The maximum atomic E-state index is 11.0. The molecule has 19 heavy (non-hydrogen) atoms. The summed E-state index contributed by atoms with van der Waals surface area (Å²) < 4.78 is 0. The Morgan fingerprint density at radius 3 is 3.05 bits per heavy atom. The summed E-state index contributed by atoms with van der Waals surface area (Å²) in [5, 5.41) is 15.7. The SMILES string of the molecule is O=C(O)NC(Cc1cccc(Cl)c1)C1CCCNC1. The molecule has 1 saturated heterocycles. The van der Waals surface area contributed by atoms with Gasteiger partial charge in [0.1, 0.15) is 0 Å². The van der Waals surface area contributed by atoms with Crippen molar-refractivity contribution < 1.29 is 9.90 Å². The van der Waals surface area contributed by atoms with Crippen LogP contribution in [0.2, 0.25) is 5.02 Å². The molecule has 1 aliphatic rings. The van der Waals surface area contributed by atoms with Gasteiger partial charge in [0.2, 0.25) is 0 Å². The number of halogens is 1. The molecular formula is C14H19ClN2O2. The molecule has 2 rings (SSSR count). The quantitative estimate of drug-likeness (QED) is 0.795. The van der Waals surface area contributed by atoms with Gasteiger partial charge in [0, 0.05) is 11.1 Å². The van der Waals surface area contributed by atoms with Crippen molar-refractivity contribution in [2.24, 2.45) is 5.92 Å². The average molecular weight is 283 g/mol. The Morgan fingerprint density at radius 1 is 1.58 bits per heavy atom. The molecule has 0 aliphatic carbocycles. The van der Waals surface area contributed by atoms with Crippen LogP contribution in [0, 0.1) is 5.92 Å². The van der Waals surface area contributed by atoms with E-state index in [-0.39, 0.29) is 6.04 Å². The van der Waals surface area contributed by atoms with E-state index in [2.05, 4.69) is 10.6 Å². The van der Waals surface area contributed by atoms with Crippen molar-refractivity contribution in [1.29, 1.82) is 0 Å². The minimum Gasteiger partial charge on any atom is -0.465 e. The predicted molar refractivity (Wildman–Crippen MR) is 75.7 cm³/mol. The molecule has 1 aromatic carbocycles. The van der Waals surface area contributed by atoms with Gasteiger partial charge < -0.3 is 15.7 Å². The number of hydrogen-bond acceptors (Lipinski definition) is 2. The summed E-state index contributed by atoms with van der Waals surface area (Å²) in [5.41, 5.74) is 1.07. The van der Waals surface area contributed by atoms with Gasteiger partial charge in [-0.1, -0.05) is 23.7 Å². The van der Waals surface area contributed by atoms with Crippen LogP contribution in [0.4, 0.5) is 4.79 Å². The molecule has 2 unspecified atom stereocenters. The van der Waals surface area contributed by atoms with Crippen LogP contribution in [-0.2, 0) is 6.42 Å². The lowest BCUT2D eigenvalue weighted by molar-refractivity contribution is 0.180. The molecule has 1 aliphatic heterocycles. The zero-order chi connectivity index (χ0) is 13.7. The molecule has 0 spiro atoms. The van der Waals surface area contributed by atoms with Gasteiger partial charge in [0.15, 0.2) is 0 Å². The van der Waals surface area contributed by atoms with E-state index in [0.717, 1.165) is 31.5 Å². The summed E-state index contributed by atoms with van der Waals surface area (Å²) in [6, 6.07) is 7.54. The summed E-state index contributed by atoms with van der Waals surface area (Å²) >= 11 is 5.97. The topological polar surface area (TPSA) is 61.4 Å². The van der Waals surface area contributed by atoms with Gasteiger partial charge in [0.25, 0.3) is 0 Å². The third kappa shape index (κ3) is 4.40. The number of amides is 1. The van der Waals surface area contributed by atoms with Gasteiger partial charge >= 0.3 is 6.09 Å². The standard InChI is InChI=1S/C14H19ClN2O2/c15-12-5-1-3-10(7-12)8-13(17-14(18)19)11-4-2-6-16-9-11/h1,3,5,7,11,13,16-17H,2,4,6,8-9H2,(H,18,19). The largest absolute Gasteiger partial charge is 0.465 e. The van der Waals surface area contributed by atoms with E-state index in [9.17, 15) is 4.79 Å². The van der Waals surface area contributed by atoms with Crippen molar-refractivity contribution in [3.8, 4) is 0 Å². The Hall–Kier alpha value is -1.26. The first-order valence-electron chi connectivity index (χ1n) is 6.60. The first-order chi connectivity index (χ1) is 9.15. The Morgan fingerprint density at radius 2 is 2.42 bits per heavy atom. The fraction of sp³-hybridized carbons (Fsp3) is 0.500. The number of piperidine rings is 1. The van der Waals surface area contributed by atoms with E-state index in [1.54, 1.807) is 0 Å². The molecule has 1 fully saturated rings. The molecule has 0 saturated carbocycles. The average Bonchev–Trinajstić information content (AvgIpc) is 2.38. The highest BCUT2D eigenvalue weighted by Crippen LogP contribution is 2.20. The minimum atomic E-state index is -0.961. The molecule has 1 aromatic rings. The molecule has 104 valence electrons. The lowest BCUT2D eigenvalue weighted by atomic mass is 9.88. The summed E-state index contributed by atoms with van der Waals surface area (Å²) in [4.78, 5) is 11.0. The van der Waals surface area contributed by atoms with Crippen molar-refractivity contribution in [2.45, 2.75) is 25.3 Å². The zero-order valence-corrected chi connectivity index (χ0v) is 11.5. The molecule has 0 radical (unpaired) electrons. The summed E-state index contributed by atoms with van der Waals surface area (Å²) in [5.74, 6) is 0.337. The molecule has 3 N–H and O–H groups in total. The Kier molecular flexibility index (Phi) is 5.05. The fourth-order valence-electron chi connectivity index (χ4n) is 2.63. The predicted octanol–water partition coefficient (Wildman–Crippen LogP) is 2.52. The van der Waals surface area contributed by atoms with Crippen molar-refractivity contribution in [2.75, 3.05) is 13.1 Å². The van der Waals surface area contributed by atoms with Crippen LogP contribution in [-0.4, -0.2) is 30.3 Å². The maximum absolute atomic E-state index is 11.0. The second kappa shape index (κ2) is 6.78.